The summed E-state index contributed by atoms with van der Waals surface area (Å²) in [6.45, 7) is 5.31. The van der Waals surface area contributed by atoms with Gasteiger partial charge in [0.15, 0.2) is 0 Å². The van der Waals surface area contributed by atoms with Crippen LogP contribution in [0, 0.1) is 10.1 Å². The van der Waals surface area contributed by atoms with Crippen molar-refractivity contribution in [3.8, 4) is 0 Å². The van der Waals surface area contributed by atoms with Crippen LogP contribution >= 0.6 is 0 Å². The molecule has 0 saturated carbocycles. The van der Waals surface area contributed by atoms with Gasteiger partial charge in [0.25, 0.3) is 11.6 Å². The van der Waals surface area contributed by atoms with E-state index in [0.717, 1.165) is 37.3 Å². The van der Waals surface area contributed by atoms with Gasteiger partial charge in [-0.15, -0.1) is 0 Å². The van der Waals surface area contributed by atoms with Gasteiger partial charge in [0.05, 0.1) is 24.4 Å². The number of hydrogen-bond acceptors (Lipinski definition) is 7. The molecule has 0 aromatic heterocycles. The number of nitrogens with zero attached hydrogens (tertiary/aromatic N) is 4. The van der Waals surface area contributed by atoms with Gasteiger partial charge in [-0.25, -0.2) is 5.43 Å². The Kier molecular flexibility index (Phi) is 7.53. The van der Waals surface area contributed by atoms with E-state index in [1.165, 1.54) is 29.5 Å². The number of hydrogen-bond donors (Lipinski definition) is 1. The molecule has 0 radical (unpaired) electrons. The summed E-state index contributed by atoms with van der Waals surface area (Å²) in [6.07, 6.45) is 2.50. The van der Waals surface area contributed by atoms with Gasteiger partial charge in [0.1, 0.15) is 0 Å². The Balaban J connectivity index is 1.21. The van der Waals surface area contributed by atoms with Crippen molar-refractivity contribution in [1.82, 2.24) is 10.3 Å². The molecule has 1 saturated heterocycles. The average molecular weight is 500 g/mol. The van der Waals surface area contributed by atoms with Gasteiger partial charge in [-0.2, -0.15) is 5.10 Å². The van der Waals surface area contributed by atoms with Gasteiger partial charge < -0.3 is 9.64 Å². The second-order valence-electron chi connectivity index (χ2n) is 9.23. The lowest BCUT2D eigenvalue weighted by Gasteiger charge is -2.29. The molecule has 2 aliphatic rings. The summed E-state index contributed by atoms with van der Waals surface area (Å²) in [5.74, 6) is -0.340. The summed E-state index contributed by atoms with van der Waals surface area (Å²) in [4.78, 5) is 28.0. The van der Waals surface area contributed by atoms with Crippen LogP contribution in [0.2, 0.25) is 0 Å². The Labute approximate surface area is 215 Å². The van der Waals surface area contributed by atoms with E-state index >= 15 is 0 Å². The van der Waals surface area contributed by atoms with Crippen LogP contribution < -0.4 is 10.3 Å². The van der Waals surface area contributed by atoms with E-state index in [2.05, 4.69) is 44.6 Å². The van der Waals surface area contributed by atoms with Crippen LogP contribution in [0.3, 0.4) is 0 Å². The zero-order valence-electron chi connectivity index (χ0n) is 20.5. The number of benzene rings is 3. The van der Waals surface area contributed by atoms with E-state index in [1.807, 2.05) is 12.1 Å². The highest BCUT2D eigenvalue weighted by Crippen LogP contribution is 2.25. The fourth-order valence-corrected chi connectivity index (χ4v) is 4.78. The van der Waals surface area contributed by atoms with E-state index in [9.17, 15) is 14.9 Å². The third-order valence-electron chi connectivity index (χ3n) is 6.78. The lowest BCUT2D eigenvalue weighted by atomic mass is 9.99. The molecule has 9 heteroatoms. The van der Waals surface area contributed by atoms with Crippen LogP contribution in [0.15, 0.2) is 71.8 Å². The van der Waals surface area contributed by atoms with Gasteiger partial charge in [0, 0.05) is 61.7 Å². The highest BCUT2D eigenvalue weighted by atomic mass is 16.6. The molecule has 37 heavy (non-hydrogen) atoms. The normalized spacial score (nSPS) is 15.9. The molecule has 9 nitrogen and oxygen atoms in total. The zero-order chi connectivity index (χ0) is 25.6. The predicted molar refractivity (Wildman–Crippen MR) is 142 cm³/mol. The largest absolute Gasteiger partial charge is 0.378 e. The summed E-state index contributed by atoms with van der Waals surface area (Å²) >= 11 is 0. The molecule has 3 aromatic rings. The Morgan fingerprint density at radius 1 is 1.03 bits per heavy atom. The molecule has 1 fully saturated rings. The quantitative estimate of drug-likeness (QED) is 0.302. The van der Waals surface area contributed by atoms with Crippen molar-refractivity contribution in [2.75, 3.05) is 37.7 Å². The lowest BCUT2D eigenvalue weighted by molar-refractivity contribution is -0.384. The number of rotatable bonds is 7. The number of ether oxygens (including phenoxy) is 1. The van der Waals surface area contributed by atoms with Gasteiger partial charge in [-0.1, -0.05) is 36.4 Å². The van der Waals surface area contributed by atoms with Crippen molar-refractivity contribution in [1.29, 1.82) is 0 Å². The van der Waals surface area contributed by atoms with Crippen molar-refractivity contribution in [3.05, 3.63) is 105 Å². The van der Waals surface area contributed by atoms with Crippen LogP contribution in [0.5, 0.6) is 0 Å². The number of carbonyl (C=O) groups is 1. The first kappa shape index (κ1) is 24.6. The second kappa shape index (κ2) is 11.3. The standard InChI is InChI=1S/C28H29N5O4/c34-28(23-7-5-21(6-8-23)19-31-12-11-22-3-1-2-4-24(22)20-31)30-29-18-25-17-26(33(35)36)9-10-27(25)32-13-15-37-16-14-32/h1-10,17-18H,11-16,19-20H2,(H,30,34)/b29-18-. The Hall–Kier alpha value is -4.08. The first-order chi connectivity index (χ1) is 18.1. The van der Waals surface area contributed by atoms with E-state index < -0.39 is 4.92 Å². The third-order valence-corrected chi connectivity index (χ3v) is 6.78. The first-order valence-corrected chi connectivity index (χ1v) is 12.4. The molecular formula is C28H29N5O4. The maximum atomic E-state index is 12.7. The minimum atomic E-state index is -0.441. The molecule has 0 atom stereocenters. The molecule has 2 heterocycles. The van der Waals surface area contributed by atoms with Gasteiger partial charge in [0.2, 0.25) is 0 Å². The van der Waals surface area contributed by atoms with Crippen LogP contribution in [-0.2, 0) is 24.2 Å². The fraction of sp³-hybridized carbons (Fsp3) is 0.286. The van der Waals surface area contributed by atoms with Crippen LogP contribution in [0.1, 0.15) is 32.6 Å². The smallest absolute Gasteiger partial charge is 0.271 e. The van der Waals surface area contributed by atoms with E-state index in [0.29, 0.717) is 37.4 Å². The number of non-ortho nitro benzene ring substituents is 1. The summed E-state index contributed by atoms with van der Waals surface area (Å²) in [6, 6.07) is 20.8. The van der Waals surface area contributed by atoms with Crippen LogP contribution in [0.4, 0.5) is 11.4 Å². The van der Waals surface area contributed by atoms with E-state index in [4.69, 9.17) is 4.74 Å². The number of nitro groups is 1. The molecule has 3 aromatic carbocycles. The number of morpholine rings is 1. The van der Waals surface area contributed by atoms with Crippen LogP contribution in [-0.4, -0.2) is 54.8 Å². The van der Waals surface area contributed by atoms with Gasteiger partial charge in [-0.3, -0.25) is 19.8 Å². The maximum absolute atomic E-state index is 12.7. The number of anilines is 1. The monoisotopic (exact) mass is 499 g/mol. The highest BCUT2D eigenvalue weighted by molar-refractivity contribution is 5.95. The fourth-order valence-electron chi connectivity index (χ4n) is 4.78. The lowest BCUT2D eigenvalue weighted by Crippen LogP contribution is -2.36. The maximum Gasteiger partial charge on any atom is 0.271 e. The summed E-state index contributed by atoms with van der Waals surface area (Å²) in [5, 5.41) is 15.4. The number of amides is 1. The Morgan fingerprint density at radius 2 is 1.78 bits per heavy atom. The minimum Gasteiger partial charge on any atom is -0.378 e. The van der Waals surface area contributed by atoms with Crippen molar-refractivity contribution in [3.63, 3.8) is 0 Å². The van der Waals surface area contributed by atoms with E-state index in [1.54, 1.807) is 18.2 Å². The second-order valence-corrected chi connectivity index (χ2v) is 9.23. The average Bonchev–Trinajstić information content (AvgIpc) is 2.93. The van der Waals surface area contributed by atoms with Crippen molar-refractivity contribution in [2.24, 2.45) is 5.10 Å². The van der Waals surface area contributed by atoms with E-state index in [-0.39, 0.29) is 11.6 Å². The molecule has 1 N–H and O–H groups in total. The number of carbonyl (C=O) groups excluding carboxylic acids is 1. The summed E-state index contributed by atoms with van der Waals surface area (Å²) < 4.78 is 5.41. The number of nitro benzene ring substituents is 1. The van der Waals surface area contributed by atoms with Crippen molar-refractivity contribution < 1.29 is 14.5 Å². The van der Waals surface area contributed by atoms with Crippen LogP contribution in [0.25, 0.3) is 0 Å². The summed E-state index contributed by atoms with van der Waals surface area (Å²) in [5.41, 5.74) is 8.34. The molecule has 0 unspecified atom stereocenters. The number of fused-ring (bicyclic) bond motifs is 1. The molecule has 2 aliphatic heterocycles. The highest BCUT2D eigenvalue weighted by Gasteiger charge is 2.18. The van der Waals surface area contributed by atoms with Crippen molar-refractivity contribution >= 4 is 23.5 Å². The molecule has 0 bridgehead atoms. The predicted octanol–water partition coefficient (Wildman–Crippen LogP) is 3.75. The van der Waals surface area contributed by atoms with Gasteiger partial charge in [-0.05, 0) is 41.3 Å². The zero-order valence-corrected chi connectivity index (χ0v) is 20.5. The SMILES string of the molecule is O=C(N/N=C\c1cc([N+](=O)[O-])ccc1N1CCOCC1)c1ccc(CN2CCc3ccccc3C2)cc1. The molecule has 190 valence electrons. The van der Waals surface area contributed by atoms with Gasteiger partial charge >= 0.3 is 0 Å². The molecule has 1 amide bonds. The Morgan fingerprint density at radius 3 is 2.54 bits per heavy atom. The van der Waals surface area contributed by atoms with Crippen molar-refractivity contribution in [2.45, 2.75) is 19.5 Å². The molecular weight excluding hydrogens is 470 g/mol. The number of nitrogens with one attached hydrogen (secondary N) is 1. The first-order valence-electron chi connectivity index (χ1n) is 12.4. The molecule has 0 spiro atoms. The third kappa shape index (κ3) is 6.02. The Bertz CT molecular complexity index is 1300. The molecule has 5 rings (SSSR count). The number of hydrazone groups is 1. The minimum absolute atomic E-state index is 0.0300. The summed E-state index contributed by atoms with van der Waals surface area (Å²) in [7, 11) is 0. The molecule has 0 aliphatic carbocycles. The topological polar surface area (TPSA) is 100 Å².